The second kappa shape index (κ2) is 4.99. The van der Waals surface area contributed by atoms with E-state index in [4.69, 9.17) is 0 Å². The van der Waals surface area contributed by atoms with E-state index in [-0.39, 0.29) is 11.7 Å². The fraction of sp³-hybridized carbons (Fsp3) is 0.455. The van der Waals surface area contributed by atoms with Crippen molar-refractivity contribution in [1.82, 2.24) is 0 Å². The maximum absolute atomic E-state index is 12.2. The van der Waals surface area contributed by atoms with Gasteiger partial charge in [0.25, 0.3) is 0 Å². The number of benzene rings is 1. The molecule has 0 saturated carbocycles. The van der Waals surface area contributed by atoms with E-state index in [1.165, 1.54) is 17.8 Å². The van der Waals surface area contributed by atoms with E-state index in [2.05, 4.69) is 4.74 Å². The van der Waals surface area contributed by atoms with Crippen molar-refractivity contribution in [2.45, 2.75) is 31.0 Å². The molecule has 1 nitrogen and oxygen atoms in total. The molecule has 0 aliphatic rings. The Morgan fingerprint density at radius 2 is 1.88 bits per heavy atom. The highest BCUT2D eigenvalue weighted by atomic mass is 32.2. The minimum absolute atomic E-state index is 0.119. The summed E-state index contributed by atoms with van der Waals surface area (Å²) in [4.78, 5) is 0.488. The fourth-order valence-corrected chi connectivity index (χ4v) is 1.76. The minimum Gasteiger partial charge on any atom is -0.405 e. The van der Waals surface area contributed by atoms with Crippen molar-refractivity contribution < 1.29 is 17.9 Å². The molecule has 0 unspecified atom stereocenters. The lowest BCUT2D eigenvalue weighted by Gasteiger charge is -2.14. The number of ether oxygens (including phenoxy) is 1. The number of halogens is 3. The maximum Gasteiger partial charge on any atom is 0.573 e. The third-order valence-corrected chi connectivity index (χ3v) is 2.86. The summed E-state index contributed by atoms with van der Waals surface area (Å²) in [7, 11) is 0. The monoisotopic (exact) mass is 250 g/mol. The summed E-state index contributed by atoms with van der Waals surface area (Å²) in [5.74, 6) is 0.0534. The van der Waals surface area contributed by atoms with Gasteiger partial charge in [-0.05, 0) is 29.9 Å². The third kappa shape index (κ3) is 3.63. The molecule has 0 saturated heterocycles. The molecule has 16 heavy (non-hydrogen) atoms. The van der Waals surface area contributed by atoms with Gasteiger partial charge in [-0.15, -0.1) is 24.9 Å². The Morgan fingerprint density at radius 1 is 1.25 bits per heavy atom. The van der Waals surface area contributed by atoms with Crippen molar-refractivity contribution in [3.05, 3.63) is 23.8 Å². The Labute approximate surface area is 97.0 Å². The van der Waals surface area contributed by atoms with E-state index in [9.17, 15) is 13.2 Å². The van der Waals surface area contributed by atoms with Gasteiger partial charge in [-0.3, -0.25) is 0 Å². The van der Waals surface area contributed by atoms with Gasteiger partial charge < -0.3 is 4.74 Å². The Hall–Kier alpha value is -0.840. The smallest absolute Gasteiger partial charge is 0.405 e. The number of thioether (sulfide) groups is 1. The predicted molar refractivity (Wildman–Crippen MR) is 59.0 cm³/mol. The highest BCUT2D eigenvalue weighted by Gasteiger charge is 2.32. The van der Waals surface area contributed by atoms with Gasteiger partial charge in [-0.2, -0.15) is 0 Å². The molecule has 0 fully saturated rings. The number of hydrogen-bond donors (Lipinski definition) is 0. The van der Waals surface area contributed by atoms with Crippen molar-refractivity contribution in [1.29, 1.82) is 0 Å². The van der Waals surface area contributed by atoms with Crippen LogP contribution in [0.25, 0.3) is 0 Å². The summed E-state index contributed by atoms with van der Waals surface area (Å²) in [6.45, 7) is 3.84. The molecule has 5 heteroatoms. The first-order valence-electron chi connectivity index (χ1n) is 4.77. The Balaban J connectivity index is 3.07. The first kappa shape index (κ1) is 13.2. The first-order chi connectivity index (χ1) is 7.33. The Morgan fingerprint density at radius 3 is 2.31 bits per heavy atom. The minimum atomic E-state index is -4.64. The Bertz CT molecular complexity index is 361. The number of rotatable bonds is 3. The average Bonchev–Trinajstić information content (AvgIpc) is 2.15. The molecule has 1 rings (SSSR count). The summed E-state index contributed by atoms with van der Waals surface area (Å²) in [5, 5.41) is 0. The summed E-state index contributed by atoms with van der Waals surface area (Å²) in [6, 6.07) is 4.92. The van der Waals surface area contributed by atoms with E-state index in [0.29, 0.717) is 4.90 Å². The zero-order chi connectivity index (χ0) is 12.3. The van der Waals surface area contributed by atoms with Gasteiger partial charge in [0.1, 0.15) is 5.75 Å². The van der Waals surface area contributed by atoms with Crippen molar-refractivity contribution in [3.63, 3.8) is 0 Å². The summed E-state index contributed by atoms with van der Waals surface area (Å²) >= 11 is 1.23. The highest BCUT2D eigenvalue weighted by Crippen LogP contribution is 2.34. The standard InChI is InChI=1S/C11H13F3OS/c1-7(2)8-4-5-10(16-3)9(6-8)15-11(12,13)14/h4-7H,1-3H3. The normalized spacial score (nSPS) is 11.9. The lowest BCUT2D eigenvalue weighted by atomic mass is 10.0. The summed E-state index contributed by atoms with van der Waals surface area (Å²) < 4.78 is 40.5. The Kier molecular flexibility index (Phi) is 4.13. The van der Waals surface area contributed by atoms with Crippen molar-refractivity contribution in [2.24, 2.45) is 0 Å². The molecule has 1 aromatic rings. The molecular formula is C11H13F3OS. The second-order valence-corrected chi connectivity index (χ2v) is 4.46. The van der Waals surface area contributed by atoms with Crippen LogP contribution in [0.15, 0.2) is 23.1 Å². The molecule has 0 spiro atoms. The lowest BCUT2D eigenvalue weighted by molar-refractivity contribution is -0.275. The average molecular weight is 250 g/mol. The van der Waals surface area contributed by atoms with Gasteiger partial charge in [-0.1, -0.05) is 19.9 Å². The summed E-state index contributed by atoms with van der Waals surface area (Å²) in [5.41, 5.74) is 0.831. The SMILES string of the molecule is CSc1ccc(C(C)C)cc1OC(F)(F)F. The van der Waals surface area contributed by atoms with Crippen molar-refractivity contribution in [3.8, 4) is 5.75 Å². The van der Waals surface area contributed by atoms with Crippen LogP contribution in [0.5, 0.6) is 5.75 Å². The van der Waals surface area contributed by atoms with E-state index in [1.807, 2.05) is 19.9 Å². The maximum atomic E-state index is 12.2. The van der Waals surface area contributed by atoms with Crippen LogP contribution in [-0.2, 0) is 0 Å². The molecule has 0 aliphatic carbocycles. The van der Waals surface area contributed by atoms with Gasteiger partial charge in [-0.25, -0.2) is 0 Å². The van der Waals surface area contributed by atoms with Gasteiger partial charge >= 0.3 is 6.36 Å². The molecule has 0 aliphatic heterocycles. The van der Waals surface area contributed by atoms with Crippen LogP contribution in [0.3, 0.4) is 0 Å². The molecule has 0 bridgehead atoms. The van der Waals surface area contributed by atoms with Crippen LogP contribution >= 0.6 is 11.8 Å². The molecule has 1 aromatic carbocycles. The van der Waals surface area contributed by atoms with Crippen LogP contribution in [-0.4, -0.2) is 12.6 Å². The van der Waals surface area contributed by atoms with E-state index >= 15 is 0 Å². The first-order valence-corrected chi connectivity index (χ1v) is 5.99. The van der Waals surface area contributed by atoms with E-state index in [1.54, 1.807) is 12.3 Å². The van der Waals surface area contributed by atoms with Crippen LogP contribution in [0, 0.1) is 0 Å². The van der Waals surface area contributed by atoms with Crippen molar-refractivity contribution >= 4 is 11.8 Å². The largest absolute Gasteiger partial charge is 0.573 e. The molecule has 0 amide bonds. The zero-order valence-corrected chi connectivity index (χ0v) is 10.1. The van der Waals surface area contributed by atoms with E-state index in [0.717, 1.165) is 5.56 Å². The van der Waals surface area contributed by atoms with Crippen LogP contribution < -0.4 is 4.74 Å². The molecule has 0 heterocycles. The lowest BCUT2D eigenvalue weighted by Crippen LogP contribution is -2.17. The van der Waals surface area contributed by atoms with E-state index < -0.39 is 6.36 Å². The quantitative estimate of drug-likeness (QED) is 0.734. The van der Waals surface area contributed by atoms with Crippen LogP contribution in [0.1, 0.15) is 25.3 Å². The van der Waals surface area contributed by atoms with Gasteiger partial charge in [0.2, 0.25) is 0 Å². The van der Waals surface area contributed by atoms with Gasteiger partial charge in [0, 0.05) is 4.90 Å². The molecule has 0 atom stereocenters. The van der Waals surface area contributed by atoms with Gasteiger partial charge in [0.05, 0.1) is 0 Å². The highest BCUT2D eigenvalue weighted by molar-refractivity contribution is 7.98. The fourth-order valence-electron chi connectivity index (χ4n) is 1.26. The third-order valence-electron chi connectivity index (χ3n) is 2.08. The van der Waals surface area contributed by atoms with Crippen molar-refractivity contribution in [2.75, 3.05) is 6.26 Å². The molecule has 90 valence electrons. The summed E-state index contributed by atoms with van der Waals surface area (Å²) in [6.07, 6.45) is -2.92. The molecule has 0 radical (unpaired) electrons. The molecule has 0 N–H and O–H groups in total. The molecular weight excluding hydrogens is 237 g/mol. The second-order valence-electron chi connectivity index (χ2n) is 3.61. The van der Waals surface area contributed by atoms with Gasteiger partial charge in [0.15, 0.2) is 0 Å². The molecule has 0 aromatic heterocycles. The number of hydrogen-bond acceptors (Lipinski definition) is 2. The zero-order valence-electron chi connectivity index (χ0n) is 9.26. The van der Waals surface area contributed by atoms with Crippen LogP contribution in [0.2, 0.25) is 0 Å². The predicted octanol–water partition coefficient (Wildman–Crippen LogP) is 4.43. The number of alkyl halides is 3. The van der Waals surface area contributed by atoms with Crippen LogP contribution in [0.4, 0.5) is 13.2 Å². The topological polar surface area (TPSA) is 9.23 Å².